The van der Waals surface area contributed by atoms with Gasteiger partial charge in [0.1, 0.15) is 5.82 Å². The van der Waals surface area contributed by atoms with Gasteiger partial charge in [0.05, 0.1) is 5.29 Å². The predicted molar refractivity (Wildman–Crippen MR) is 116 cm³/mol. The van der Waals surface area contributed by atoms with E-state index in [1.165, 1.54) is 12.1 Å². The van der Waals surface area contributed by atoms with E-state index >= 15 is 0 Å². The number of rotatable bonds is 5. The molecule has 0 unspecified atom stereocenters. The molecule has 3 aromatic carbocycles. The van der Waals surface area contributed by atoms with Crippen LogP contribution in [0.5, 0.6) is 0 Å². The van der Waals surface area contributed by atoms with Crippen LogP contribution in [0.25, 0.3) is 11.6 Å². The van der Waals surface area contributed by atoms with Crippen LogP contribution in [0.15, 0.2) is 78.1 Å². The van der Waals surface area contributed by atoms with Crippen molar-refractivity contribution in [1.29, 1.82) is 0 Å². The molecular formula is C24H18FN3O3. The van der Waals surface area contributed by atoms with Crippen LogP contribution in [0.4, 0.5) is 10.1 Å². The SMILES string of the molecule is O=NNC(=O)c1ccc2c(c1)N(C(=O)/C(=C/c1ccccc1)c1cccc(F)c1)CC2. The van der Waals surface area contributed by atoms with E-state index in [0.29, 0.717) is 29.8 Å². The first-order chi connectivity index (χ1) is 15.1. The summed E-state index contributed by atoms with van der Waals surface area (Å²) in [5.74, 6) is -1.40. The third kappa shape index (κ3) is 4.25. The van der Waals surface area contributed by atoms with Gasteiger partial charge < -0.3 is 4.90 Å². The normalized spacial score (nSPS) is 12.9. The maximum Gasteiger partial charge on any atom is 0.274 e. The molecule has 0 radical (unpaired) electrons. The van der Waals surface area contributed by atoms with Gasteiger partial charge in [0.2, 0.25) is 0 Å². The lowest BCUT2D eigenvalue weighted by Crippen LogP contribution is -2.30. The second kappa shape index (κ2) is 8.71. The summed E-state index contributed by atoms with van der Waals surface area (Å²) in [5.41, 5.74) is 5.17. The monoisotopic (exact) mass is 415 g/mol. The number of carbonyl (C=O) groups excluding carboxylic acids is 2. The Morgan fingerprint density at radius 1 is 0.968 bits per heavy atom. The van der Waals surface area contributed by atoms with Crippen molar-refractivity contribution in [3.8, 4) is 0 Å². The van der Waals surface area contributed by atoms with E-state index in [2.05, 4.69) is 5.29 Å². The van der Waals surface area contributed by atoms with Crippen molar-refractivity contribution in [2.24, 2.45) is 5.29 Å². The van der Waals surface area contributed by atoms with Gasteiger partial charge in [-0.2, -0.15) is 0 Å². The smallest absolute Gasteiger partial charge is 0.274 e. The first-order valence-electron chi connectivity index (χ1n) is 9.67. The summed E-state index contributed by atoms with van der Waals surface area (Å²) in [6, 6.07) is 20.1. The molecule has 0 aromatic heterocycles. The molecule has 3 aromatic rings. The molecule has 1 N–H and O–H groups in total. The highest BCUT2D eigenvalue weighted by atomic mass is 19.1. The summed E-state index contributed by atoms with van der Waals surface area (Å²) in [6.07, 6.45) is 2.35. The number of benzene rings is 3. The van der Waals surface area contributed by atoms with Crippen LogP contribution in [-0.4, -0.2) is 18.4 Å². The first kappa shape index (κ1) is 20.2. The fourth-order valence-electron chi connectivity index (χ4n) is 3.62. The average Bonchev–Trinajstić information content (AvgIpc) is 3.21. The summed E-state index contributed by atoms with van der Waals surface area (Å²) in [5, 5.41) is 2.41. The lowest BCUT2D eigenvalue weighted by molar-refractivity contribution is -0.113. The highest BCUT2D eigenvalue weighted by Gasteiger charge is 2.28. The largest absolute Gasteiger partial charge is 0.308 e. The Labute approximate surface area is 178 Å². The van der Waals surface area contributed by atoms with Gasteiger partial charge in [0.15, 0.2) is 0 Å². The Bertz CT molecular complexity index is 1190. The van der Waals surface area contributed by atoms with Crippen molar-refractivity contribution < 1.29 is 14.0 Å². The number of halogens is 1. The van der Waals surface area contributed by atoms with Gasteiger partial charge in [-0.3, -0.25) is 9.59 Å². The zero-order valence-electron chi connectivity index (χ0n) is 16.4. The lowest BCUT2D eigenvalue weighted by atomic mass is 10.0. The quantitative estimate of drug-likeness (QED) is 0.291. The van der Waals surface area contributed by atoms with Gasteiger partial charge in [0.25, 0.3) is 11.8 Å². The molecule has 1 aliphatic heterocycles. The lowest BCUT2D eigenvalue weighted by Gasteiger charge is -2.20. The van der Waals surface area contributed by atoms with Crippen molar-refractivity contribution in [2.75, 3.05) is 11.4 Å². The fourth-order valence-corrected chi connectivity index (χ4v) is 3.62. The molecule has 31 heavy (non-hydrogen) atoms. The summed E-state index contributed by atoms with van der Waals surface area (Å²) in [7, 11) is 0. The van der Waals surface area contributed by atoms with Gasteiger partial charge in [-0.15, -0.1) is 4.91 Å². The highest BCUT2D eigenvalue weighted by molar-refractivity contribution is 6.30. The van der Waals surface area contributed by atoms with Crippen LogP contribution < -0.4 is 10.3 Å². The van der Waals surface area contributed by atoms with E-state index in [0.717, 1.165) is 11.1 Å². The van der Waals surface area contributed by atoms with E-state index < -0.39 is 11.7 Å². The van der Waals surface area contributed by atoms with Crippen LogP contribution in [0.3, 0.4) is 0 Å². The van der Waals surface area contributed by atoms with Crippen molar-refractivity contribution in [3.05, 3.63) is 106 Å². The molecule has 0 saturated heterocycles. The third-order valence-electron chi connectivity index (χ3n) is 5.11. The minimum atomic E-state index is -0.651. The van der Waals surface area contributed by atoms with Crippen LogP contribution in [0.2, 0.25) is 0 Å². The maximum absolute atomic E-state index is 13.9. The first-order valence-corrected chi connectivity index (χ1v) is 9.67. The zero-order valence-corrected chi connectivity index (χ0v) is 16.4. The van der Waals surface area contributed by atoms with Crippen LogP contribution in [0, 0.1) is 10.7 Å². The molecule has 1 heterocycles. The number of nitrogens with zero attached hydrogens (tertiary/aromatic N) is 2. The molecule has 0 fully saturated rings. The molecule has 0 spiro atoms. The summed E-state index contributed by atoms with van der Waals surface area (Å²) in [4.78, 5) is 37.5. The average molecular weight is 415 g/mol. The Hall–Kier alpha value is -4.13. The van der Waals surface area contributed by atoms with Gasteiger partial charge in [0, 0.05) is 23.4 Å². The van der Waals surface area contributed by atoms with Crippen LogP contribution in [-0.2, 0) is 11.2 Å². The minimum Gasteiger partial charge on any atom is -0.308 e. The van der Waals surface area contributed by atoms with Crippen molar-refractivity contribution >= 4 is 29.2 Å². The van der Waals surface area contributed by atoms with Crippen molar-refractivity contribution in [3.63, 3.8) is 0 Å². The number of hydrogen-bond acceptors (Lipinski definition) is 4. The number of nitroso groups, excluding NO2 is 1. The molecule has 0 aliphatic carbocycles. The van der Waals surface area contributed by atoms with E-state index in [1.807, 2.05) is 35.8 Å². The van der Waals surface area contributed by atoms with Crippen molar-refractivity contribution in [1.82, 2.24) is 5.43 Å². The van der Waals surface area contributed by atoms with E-state index in [-0.39, 0.29) is 11.5 Å². The zero-order chi connectivity index (χ0) is 21.8. The topological polar surface area (TPSA) is 78.8 Å². The predicted octanol–water partition coefficient (Wildman–Crippen LogP) is 4.37. The van der Waals surface area contributed by atoms with Gasteiger partial charge in [-0.05, 0) is 53.5 Å². The van der Waals surface area contributed by atoms with Gasteiger partial charge in [-0.1, -0.05) is 48.5 Å². The second-order valence-electron chi connectivity index (χ2n) is 7.06. The molecule has 0 saturated carbocycles. The number of hydrogen-bond donors (Lipinski definition) is 1. The van der Waals surface area contributed by atoms with E-state index in [9.17, 15) is 18.9 Å². The number of amides is 2. The Kier molecular flexibility index (Phi) is 5.66. The fraction of sp³-hybridized carbons (Fsp3) is 0.0833. The summed E-state index contributed by atoms with van der Waals surface area (Å²) < 4.78 is 13.9. The number of carbonyl (C=O) groups is 2. The standard InChI is InChI=1S/C24H18FN3O3/c25-20-8-4-7-18(14-20)21(13-16-5-2-1-3-6-16)24(30)28-12-11-17-9-10-19(15-22(17)28)23(29)26-27-31/h1-10,13-15H,11-12H2,(H,26,29,31)/b21-13+. The molecular weight excluding hydrogens is 397 g/mol. The molecule has 1 aliphatic rings. The minimum absolute atomic E-state index is 0.220. The van der Waals surface area contributed by atoms with Crippen LogP contribution >= 0.6 is 0 Å². The molecule has 0 atom stereocenters. The Morgan fingerprint density at radius 2 is 1.77 bits per heavy atom. The van der Waals surface area contributed by atoms with E-state index in [4.69, 9.17) is 0 Å². The molecule has 7 heteroatoms. The number of fused-ring (bicyclic) bond motifs is 1. The molecule has 6 nitrogen and oxygen atoms in total. The summed E-state index contributed by atoms with van der Waals surface area (Å²) in [6.45, 7) is 0.423. The third-order valence-corrected chi connectivity index (χ3v) is 5.11. The Morgan fingerprint density at radius 3 is 2.52 bits per heavy atom. The van der Waals surface area contributed by atoms with Crippen molar-refractivity contribution in [2.45, 2.75) is 6.42 Å². The maximum atomic E-state index is 13.9. The molecule has 0 bridgehead atoms. The van der Waals surface area contributed by atoms with Gasteiger partial charge in [-0.25, -0.2) is 9.82 Å². The Balaban J connectivity index is 1.76. The second-order valence-corrected chi connectivity index (χ2v) is 7.06. The molecule has 2 amide bonds. The van der Waals surface area contributed by atoms with Crippen LogP contribution in [0.1, 0.15) is 27.0 Å². The highest BCUT2D eigenvalue weighted by Crippen LogP contribution is 2.33. The van der Waals surface area contributed by atoms with Gasteiger partial charge >= 0.3 is 0 Å². The number of anilines is 1. The van der Waals surface area contributed by atoms with E-state index in [1.54, 1.807) is 41.3 Å². The number of nitrogens with one attached hydrogen (secondary N) is 1. The molecule has 154 valence electrons. The molecule has 4 rings (SSSR count). The summed E-state index contributed by atoms with van der Waals surface area (Å²) >= 11 is 0.